The van der Waals surface area contributed by atoms with Crippen molar-refractivity contribution in [2.24, 2.45) is 5.73 Å². The number of nitrogens with two attached hydrogens (primary N) is 1. The first kappa shape index (κ1) is 13.2. The Bertz CT molecular complexity index is 625. The molecule has 0 unspecified atom stereocenters. The summed E-state index contributed by atoms with van der Waals surface area (Å²) in [5.74, 6) is -0.375. The lowest BCUT2D eigenvalue weighted by atomic mass is 10.3. The highest BCUT2D eigenvalue weighted by molar-refractivity contribution is 6.29. The number of anilines is 2. The minimum atomic E-state index is -0.712. The van der Waals surface area contributed by atoms with E-state index < -0.39 is 5.91 Å². The normalized spacial score (nSPS) is 10.3. The molecule has 1 amide bonds. The molecule has 0 bridgehead atoms. The maximum absolute atomic E-state index is 11.3. The summed E-state index contributed by atoms with van der Waals surface area (Å²) in [6.07, 6.45) is 0. The zero-order chi connectivity index (χ0) is 14.0. The van der Waals surface area contributed by atoms with Gasteiger partial charge in [0.25, 0.3) is 5.91 Å². The van der Waals surface area contributed by atoms with Crippen LogP contribution in [-0.4, -0.2) is 26.1 Å². The van der Waals surface area contributed by atoms with Crippen molar-refractivity contribution >= 4 is 29.1 Å². The third kappa shape index (κ3) is 3.14. The molecule has 3 N–H and O–H groups in total. The summed E-state index contributed by atoms with van der Waals surface area (Å²) in [7, 11) is 0. The predicted octanol–water partition coefficient (Wildman–Crippen LogP) is 1.38. The fourth-order valence-corrected chi connectivity index (χ4v) is 1.69. The monoisotopic (exact) mass is 278 g/mol. The average molecular weight is 279 g/mol. The largest absolute Gasteiger partial charge is 0.364 e. The highest BCUT2D eigenvalue weighted by Crippen LogP contribution is 2.19. The third-order valence-electron chi connectivity index (χ3n) is 2.23. The van der Waals surface area contributed by atoms with Crippen molar-refractivity contribution in [1.29, 1.82) is 0 Å². The number of hydrogen-bond donors (Lipinski definition) is 2. The molecule has 2 heterocycles. The molecule has 0 aliphatic rings. The Morgan fingerprint density at radius 2 is 1.84 bits per heavy atom. The van der Waals surface area contributed by atoms with Gasteiger partial charge < -0.3 is 11.1 Å². The molecule has 2 aromatic heterocycles. The molecular formula is C11H11ClN6O. The van der Waals surface area contributed by atoms with E-state index in [-0.39, 0.29) is 10.8 Å². The molecule has 0 atom stereocenters. The van der Waals surface area contributed by atoms with Crippen LogP contribution in [0.1, 0.15) is 21.9 Å². The van der Waals surface area contributed by atoms with Crippen molar-refractivity contribution in [2.45, 2.75) is 13.8 Å². The first-order valence-electron chi connectivity index (χ1n) is 5.38. The second-order valence-electron chi connectivity index (χ2n) is 3.89. The number of rotatable bonds is 3. The minimum Gasteiger partial charge on any atom is -0.364 e. The molecule has 0 spiro atoms. The van der Waals surface area contributed by atoms with Gasteiger partial charge in [-0.3, -0.25) is 4.79 Å². The number of hydrogen-bond acceptors (Lipinski definition) is 6. The Hall–Kier alpha value is -2.28. The van der Waals surface area contributed by atoms with E-state index in [1.165, 1.54) is 6.07 Å². The minimum absolute atomic E-state index is 0.0211. The van der Waals surface area contributed by atoms with Crippen molar-refractivity contribution in [3.05, 3.63) is 34.4 Å². The van der Waals surface area contributed by atoms with Crippen LogP contribution >= 0.6 is 11.6 Å². The van der Waals surface area contributed by atoms with E-state index in [4.69, 9.17) is 17.3 Å². The average Bonchev–Trinajstić information content (AvgIpc) is 2.26. The van der Waals surface area contributed by atoms with Crippen molar-refractivity contribution in [2.75, 3.05) is 5.32 Å². The standard InChI is InChI=1S/C11H11ClN6O/c1-5-3-6(2)15-11(14-5)16-7-4-8(12)17-18-9(7)10(13)19/h3-4H,1-2H3,(H2,13,19)(H,14,15,16,17). The van der Waals surface area contributed by atoms with E-state index in [1.54, 1.807) is 0 Å². The van der Waals surface area contributed by atoms with Crippen LogP contribution in [0.2, 0.25) is 5.15 Å². The van der Waals surface area contributed by atoms with E-state index >= 15 is 0 Å². The molecule has 0 aliphatic carbocycles. The zero-order valence-corrected chi connectivity index (χ0v) is 11.1. The SMILES string of the molecule is Cc1cc(C)nc(Nc2cc(Cl)nnc2C(N)=O)n1. The molecule has 7 nitrogen and oxygen atoms in total. The van der Waals surface area contributed by atoms with Crippen molar-refractivity contribution in [3.63, 3.8) is 0 Å². The summed E-state index contributed by atoms with van der Waals surface area (Å²) < 4.78 is 0. The van der Waals surface area contributed by atoms with Crippen molar-refractivity contribution in [1.82, 2.24) is 20.2 Å². The van der Waals surface area contributed by atoms with E-state index in [0.29, 0.717) is 11.6 Å². The lowest BCUT2D eigenvalue weighted by molar-refractivity contribution is 0.0995. The number of carbonyl (C=O) groups is 1. The Morgan fingerprint density at radius 1 is 1.21 bits per heavy atom. The number of nitrogens with one attached hydrogen (secondary N) is 1. The van der Waals surface area contributed by atoms with Gasteiger partial charge in [0.05, 0.1) is 5.69 Å². The van der Waals surface area contributed by atoms with Gasteiger partial charge >= 0.3 is 0 Å². The molecule has 0 aliphatic heterocycles. The zero-order valence-electron chi connectivity index (χ0n) is 10.3. The second kappa shape index (κ2) is 5.15. The first-order chi connectivity index (χ1) is 8.95. The summed E-state index contributed by atoms with van der Waals surface area (Å²) in [4.78, 5) is 19.6. The van der Waals surface area contributed by atoms with Gasteiger partial charge in [0, 0.05) is 17.5 Å². The van der Waals surface area contributed by atoms with Crippen molar-refractivity contribution < 1.29 is 4.79 Å². The van der Waals surface area contributed by atoms with Gasteiger partial charge in [0.2, 0.25) is 5.95 Å². The van der Waals surface area contributed by atoms with Crippen LogP contribution < -0.4 is 11.1 Å². The Balaban J connectivity index is 2.42. The number of primary amides is 1. The molecule has 0 fully saturated rings. The lowest BCUT2D eigenvalue weighted by Crippen LogP contribution is -2.16. The van der Waals surface area contributed by atoms with E-state index in [1.807, 2.05) is 19.9 Å². The van der Waals surface area contributed by atoms with E-state index in [0.717, 1.165) is 11.4 Å². The van der Waals surface area contributed by atoms with Crippen LogP contribution in [0.25, 0.3) is 0 Å². The van der Waals surface area contributed by atoms with Gasteiger partial charge in [-0.1, -0.05) is 11.6 Å². The molecule has 0 radical (unpaired) electrons. The van der Waals surface area contributed by atoms with Gasteiger partial charge in [-0.05, 0) is 19.9 Å². The number of nitrogens with zero attached hydrogens (tertiary/aromatic N) is 4. The van der Waals surface area contributed by atoms with Gasteiger partial charge in [-0.2, -0.15) is 0 Å². The van der Waals surface area contributed by atoms with Crippen LogP contribution in [-0.2, 0) is 0 Å². The van der Waals surface area contributed by atoms with E-state index in [2.05, 4.69) is 25.5 Å². The first-order valence-corrected chi connectivity index (χ1v) is 5.76. The molecule has 8 heteroatoms. The molecule has 2 aromatic rings. The number of carbonyl (C=O) groups excluding carboxylic acids is 1. The number of aromatic nitrogens is 4. The third-order valence-corrected chi connectivity index (χ3v) is 2.41. The molecule has 0 saturated carbocycles. The summed E-state index contributed by atoms with van der Waals surface area (Å²) in [5.41, 5.74) is 7.10. The highest BCUT2D eigenvalue weighted by atomic mass is 35.5. The predicted molar refractivity (Wildman–Crippen MR) is 70.3 cm³/mol. The Morgan fingerprint density at radius 3 is 2.42 bits per heavy atom. The summed E-state index contributed by atoms with van der Waals surface area (Å²) >= 11 is 5.74. The summed E-state index contributed by atoms with van der Waals surface area (Å²) in [5, 5.41) is 10.2. The lowest BCUT2D eigenvalue weighted by Gasteiger charge is -2.08. The second-order valence-corrected chi connectivity index (χ2v) is 4.28. The fraction of sp³-hybridized carbons (Fsp3) is 0.182. The molecule has 0 aromatic carbocycles. The molecule has 19 heavy (non-hydrogen) atoms. The van der Waals surface area contributed by atoms with Crippen molar-refractivity contribution in [3.8, 4) is 0 Å². The van der Waals surface area contributed by atoms with Crippen LogP contribution in [0.5, 0.6) is 0 Å². The topological polar surface area (TPSA) is 107 Å². The van der Waals surface area contributed by atoms with Crippen LogP contribution in [0.3, 0.4) is 0 Å². The Labute approximate surface area is 114 Å². The van der Waals surface area contributed by atoms with Gasteiger partial charge in [-0.25, -0.2) is 9.97 Å². The molecule has 2 rings (SSSR count). The van der Waals surface area contributed by atoms with Crippen LogP contribution in [0, 0.1) is 13.8 Å². The Kier molecular flexibility index (Phi) is 3.57. The van der Waals surface area contributed by atoms with Gasteiger partial charge in [0.1, 0.15) is 0 Å². The smallest absolute Gasteiger partial charge is 0.271 e. The number of amides is 1. The van der Waals surface area contributed by atoms with E-state index in [9.17, 15) is 4.79 Å². The van der Waals surface area contributed by atoms with Gasteiger partial charge in [-0.15, -0.1) is 10.2 Å². The molecule has 0 saturated heterocycles. The maximum Gasteiger partial charge on any atom is 0.271 e. The molecular weight excluding hydrogens is 268 g/mol. The quantitative estimate of drug-likeness (QED) is 0.878. The fourth-order valence-electron chi connectivity index (χ4n) is 1.55. The number of halogens is 1. The number of aryl methyl sites for hydroxylation is 2. The molecule has 98 valence electrons. The van der Waals surface area contributed by atoms with Crippen LogP contribution in [0.15, 0.2) is 12.1 Å². The summed E-state index contributed by atoms with van der Waals surface area (Å²) in [6.45, 7) is 3.68. The van der Waals surface area contributed by atoms with Gasteiger partial charge in [0.15, 0.2) is 10.8 Å². The van der Waals surface area contributed by atoms with Crippen LogP contribution in [0.4, 0.5) is 11.6 Å². The maximum atomic E-state index is 11.3. The highest BCUT2D eigenvalue weighted by Gasteiger charge is 2.13. The summed E-state index contributed by atoms with van der Waals surface area (Å²) in [6, 6.07) is 3.27.